The van der Waals surface area contributed by atoms with Gasteiger partial charge in [0.05, 0.1) is 19.6 Å². The van der Waals surface area contributed by atoms with Crippen LogP contribution in [0.1, 0.15) is 16.8 Å². The summed E-state index contributed by atoms with van der Waals surface area (Å²) in [4.78, 5) is 25.7. The Morgan fingerprint density at radius 3 is 2.34 bits per heavy atom. The topological polar surface area (TPSA) is 81.9 Å². The maximum Gasteiger partial charge on any atom is 0.254 e. The average Bonchev–Trinajstić information content (AvgIpc) is 2.66. The van der Waals surface area contributed by atoms with Gasteiger partial charge < -0.3 is 20.1 Å². The Hall–Kier alpha value is -3.07. The van der Waals surface area contributed by atoms with Crippen LogP contribution >= 0.6 is 0 Å². The smallest absolute Gasteiger partial charge is 0.254 e. The molecule has 1 atom stereocenters. The first kappa shape index (κ1) is 20.7. The number of benzene rings is 2. The summed E-state index contributed by atoms with van der Waals surface area (Å²) >= 11 is 0. The van der Waals surface area contributed by atoms with E-state index >= 15 is 0 Å². The summed E-state index contributed by atoms with van der Waals surface area (Å²) in [5.74, 6) is -3.11. The van der Waals surface area contributed by atoms with E-state index < -0.39 is 34.9 Å². The van der Waals surface area contributed by atoms with Crippen molar-refractivity contribution in [2.75, 3.05) is 26.3 Å². The Morgan fingerprint density at radius 2 is 1.72 bits per heavy atom. The zero-order chi connectivity index (χ0) is 21.0. The molecule has 6 nitrogen and oxygen atoms in total. The largest absolute Gasteiger partial charge is 0.490 e. The lowest BCUT2D eigenvalue weighted by molar-refractivity contribution is -0.142. The predicted octanol–water partition coefficient (Wildman–Crippen LogP) is 2.27. The fourth-order valence-corrected chi connectivity index (χ4v) is 3.19. The van der Waals surface area contributed by atoms with Gasteiger partial charge in [0.1, 0.15) is 35.4 Å². The number of halogens is 3. The Balaban J connectivity index is 1.78. The zero-order valence-corrected chi connectivity index (χ0v) is 15.4. The van der Waals surface area contributed by atoms with Crippen LogP contribution in [0.15, 0.2) is 42.5 Å². The van der Waals surface area contributed by atoms with Gasteiger partial charge in [-0.15, -0.1) is 0 Å². The van der Waals surface area contributed by atoms with Gasteiger partial charge in [0.25, 0.3) is 5.91 Å². The van der Waals surface area contributed by atoms with Crippen molar-refractivity contribution >= 4 is 11.8 Å². The number of hydrogen-bond acceptors (Lipinski definition) is 4. The maximum absolute atomic E-state index is 13.5. The normalized spacial score (nSPS) is 19.1. The second-order valence-electron chi connectivity index (χ2n) is 6.80. The van der Waals surface area contributed by atoms with E-state index in [4.69, 9.17) is 15.2 Å². The number of primary amides is 1. The molecule has 2 aromatic carbocycles. The average molecular weight is 408 g/mol. The molecule has 2 N–H and O–H groups in total. The predicted molar refractivity (Wildman–Crippen MR) is 96.7 cm³/mol. The molecule has 3 rings (SSSR count). The molecular weight excluding hydrogens is 389 g/mol. The third-order valence-corrected chi connectivity index (χ3v) is 4.46. The summed E-state index contributed by atoms with van der Waals surface area (Å²) in [6.45, 7) is 0.0224. The van der Waals surface area contributed by atoms with Crippen molar-refractivity contribution in [3.8, 4) is 5.75 Å². The van der Waals surface area contributed by atoms with Gasteiger partial charge in [-0.1, -0.05) is 0 Å². The molecule has 1 aliphatic rings. The van der Waals surface area contributed by atoms with Crippen LogP contribution in [-0.2, 0) is 9.53 Å². The zero-order valence-electron chi connectivity index (χ0n) is 15.4. The van der Waals surface area contributed by atoms with E-state index in [1.54, 1.807) is 0 Å². The van der Waals surface area contributed by atoms with Gasteiger partial charge in [-0.2, -0.15) is 0 Å². The van der Waals surface area contributed by atoms with Crippen LogP contribution < -0.4 is 10.5 Å². The van der Waals surface area contributed by atoms with E-state index in [1.807, 2.05) is 0 Å². The van der Waals surface area contributed by atoms with Crippen molar-refractivity contribution in [2.45, 2.75) is 12.0 Å². The van der Waals surface area contributed by atoms with Crippen LogP contribution in [0.2, 0.25) is 0 Å². The second kappa shape index (κ2) is 8.52. The molecule has 2 aromatic rings. The van der Waals surface area contributed by atoms with Gasteiger partial charge in [0, 0.05) is 18.2 Å². The standard InChI is InChI=1S/C20H19F3N2O4/c21-14-1-3-17(4-2-14)28-12-20(10-18(24)26)11-25(5-6-29-20)19(27)13-7-15(22)9-16(23)8-13/h1-4,7-9H,5-6,10-12H2,(H2,24,26)/t20-/m1/s1. The molecule has 0 aliphatic carbocycles. The van der Waals surface area contributed by atoms with Crippen LogP contribution in [0, 0.1) is 17.5 Å². The highest BCUT2D eigenvalue weighted by Crippen LogP contribution is 2.25. The molecule has 0 unspecified atom stereocenters. The van der Waals surface area contributed by atoms with E-state index in [9.17, 15) is 22.8 Å². The lowest BCUT2D eigenvalue weighted by Gasteiger charge is -2.42. The van der Waals surface area contributed by atoms with Crippen LogP contribution in [0.25, 0.3) is 0 Å². The SMILES string of the molecule is NC(=O)C[C@]1(COc2ccc(F)cc2)CN(C(=O)c2cc(F)cc(F)c2)CCO1. The van der Waals surface area contributed by atoms with E-state index in [0.717, 1.165) is 12.1 Å². The molecule has 1 fully saturated rings. The number of ether oxygens (including phenoxy) is 2. The first-order valence-electron chi connectivity index (χ1n) is 8.82. The van der Waals surface area contributed by atoms with E-state index in [2.05, 4.69) is 0 Å². The summed E-state index contributed by atoms with van der Waals surface area (Å²) in [5.41, 5.74) is 3.94. The number of nitrogens with two attached hydrogens (primary N) is 1. The van der Waals surface area contributed by atoms with E-state index in [0.29, 0.717) is 11.8 Å². The molecular formula is C20H19F3N2O4. The second-order valence-corrected chi connectivity index (χ2v) is 6.80. The first-order valence-corrected chi connectivity index (χ1v) is 8.82. The number of carbonyl (C=O) groups is 2. The van der Waals surface area contributed by atoms with Gasteiger partial charge in [-0.05, 0) is 36.4 Å². The number of rotatable bonds is 6. The summed E-state index contributed by atoms with van der Waals surface area (Å²) < 4.78 is 51.4. The molecule has 29 heavy (non-hydrogen) atoms. The van der Waals surface area contributed by atoms with Crippen molar-refractivity contribution in [1.29, 1.82) is 0 Å². The fourth-order valence-electron chi connectivity index (χ4n) is 3.19. The van der Waals surface area contributed by atoms with Crippen molar-refractivity contribution < 1.29 is 32.2 Å². The molecule has 0 saturated carbocycles. The van der Waals surface area contributed by atoms with Crippen LogP contribution in [-0.4, -0.2) is 48.6 Å². The van der Waals surface area contributed by atoms with Gasteiger partial charge in [0.2, 0.25) is 5.91 Å². The fraction of sp³-hybridized carbons (Fsp3) is 0.300. The monoisotopic (exact) mass is 408 g/mol. The Morgan fingerprint density at radius 1 is 1.07 bits per heavy atom. The molecule has 0 radical (unpaired) electrons. The number of amides is 2. The summed E-state index contributed by atoms with van der Waals surface area (Å²) in [6.07, 6.45) is -0.241. The third-order valence-electron chi connectivity index (χ3n) is 4.46. The van der Waals surface area contributed by atoms with Crippen LogP contribution in [0.5, 0.6) is 5.75 Å². The number of nitrogens with zero attached hydrogens (tertiary/aromatic N) is 1. The molecule has 9 heteroatoms. The van der Waals surface area contributed by atoms with Gasteiger partial charge >= 0.3 is 0 Å². The van der Waals surface area contributed by atoms with Crippen molar-refractivity contribution in [2.24, 2.45) is 5.73 Å². The highest BCUT2D eigenvalue weighted by molar-refractivity contribution is 5.94. The Labute approximate surface area is 165 Å². The maximum atomic E-state index is 13.5. The molecule has 1 aliphatic heterocycles. The molecule has 0 spiro atoms. The van der Waals surface area contributed by atoms with Crippen molar-refractivity contribution in [1.82, 2.24) is 4.90 Å². The van der Waals surface area contributed by atoms with E-state index in [1.165, 1.54) is 29.2 Å². The van der Waals surface area contributed by atoms with Crippen LogP contribution in [0.3, 0.4) is 0 Å². The molecule has 1 saturated heterocycles. The van der Waals surface area contributed by atoms with E-state index in [-0.39, 0.29) is 38.3 Å². The lowest BCUT2D eigenvalue weighted by Crippen LogP contribution is -2.58. The highest BCUT2D eigenvalue weighted by atomic mass is 19.1. The third kappa shape index (κ3) is 5.26. The summed E-state index contributed by atoms with van der Waals surface area (Å²) in [6, 6.07) is 7.79. The number of carbonyl (C=O) groups excluding carboxylic acids is 2. The molecule has 0 aromatic heterocycles. The number of morpholine rings is 1. The summed E-state index contributed by atoms with van der Waals surface area (Å²) in [7, 11) is 0. The molecule has 1 heterocycles. The first-order chi connectivity index (χ1) is 13.8. The Bertz CT molecular complexity index is 887. The van der Waals surface area contributed by atoms with Gasteiger partial charge in [-0.25, -0.2) is 13.2 Å². The number of hydrogen-bond donors (Lipinski definition) is 1. The summed E-state index contributed by atoms with van der Waals surface area (Å²) in [5, 5.41) is 0. The lowest BCUT2D eigenvalue weighted by atomic mass is 9.97. The Kier molecular flexibility index (Phi) is 6.07. The van der Waals surface area contributed by atoms with Crippen LogP contribution in [0.4, 0.5) is 13.2 Å². The minimum absolute atomic E-state index is 0.0730. The highest BCUT2D eigenvalue weighted by Gasteiger charge is 2.41. The van der Waals surface area contributed by atoms with Gasteiger partial charge in [0.15, 0.2) is 0 Å². The molecule has 2 amide bonds. The molecule has 154 valence electrons. The van der Waals surface area contributed by atoms with Crippen molar-refractivity contribution in [3.05, 3.63) is 65.5 Å². The van der Waals surface area contributed by atoms with Crippen molar-refractivity contribution in [3.63, 3.8) is 0 Å². The minimum Gasteiger partial charge on any atom is -0.490 e. The molecule has 0 bridgehead atoms. The quantitative estimate of drug-likeness (QED) is 0.795. The van der Waals surface area contributed by atoms with Gasteiger partial charge in [-0.3, -0.25) is 9.59 Å². The minimum atomic E-state index is -1.25.